The fourth-order valence-corrected chi connectivity index (χ4v) is 5.04. The Hall–Kier alpha value is -3.69. The number of hydrogen-bond donors (Lipinski definition) is 3. The molecule has 1 fully saturated rings. The summed E-state index contributed by atoms with van der Waals surface area (Å²) in [7, 11) is 0. The Bertz CT molecular complexity index is 1170. The Labute approximate surface area is 208 Å². The number of carbonyl (C=O) groups is 3. The van der Waals surface area contributed by atoms with Crippen LogP contribution in [0.4, 0.5) is 15.5 Å². The van der Waals surface area contributed by atoms with Crippen LogP contribution in [0.5, 0.6) is 0 Å². The summed E-state index contributed by atoms with van der Waals surface area (Å²) in [6.45, 7) is 4.10. The summed E-state index contributed by atoms with van der Waals surface area (Å²) < 4.78 is 5.39. The topological polar surface area (TPSA) is 99.8 Å². The Balaban J connectivity index is 1.44. The lowest BCUT2D eigenvalue weighted by atomic mass is 10.1. The van der Waals surface area contributed by atoms with Gasteiger partial charge in [0, 0.05) is 36.6 Å². The maximum absolute atomic E-state index is 13.4. The Morgan fingerprint density at radius 1 is 0.943 bits per heavy atom. The van der Waals surface area contributed by atoms with Crippen LogP contribution in [-0.2, 0) is 9.53 Å². The van der Waals surface area contributed by atoms with E-state index >= 15 is 0 Å². The van der Waals surface area contributed by atoms with E-state index in [0.29, 0.717) is 42.6 Å². The van der Waals surface area contributed by atoms with Gasteiger partial charge in [-0.25, -0.2) is 4.79 Å². The summed E-state index contributed by atoms with van der Waals surface area (Å²) in [5.74, 6) is -0.387. The zero-order chi connectivity index (χ0) is 24.6. The number of nitrogens with one attached hydrogen (secondary N) is 3. The van der Waals surface area contributed by atoms with Gasteiger partial charge in [0.1, 0.15) is 5.00 Å². The van der Waals surface area contributed by atoms with Crippen LogP contribution in [0, 0.1) is 6.92 Å². The molecule has 35 heavy (non-hydrogen) atoms. The highest BCUT2D eigenvalue weighted by Gasteiger charge is 2.27. The van der Waals surface area contributed by atoms with Crippen molar-refractivity contribution in [3.05, 3.63) is 71.8 Å². The largest absolute Gasteiger partial charge is 0.378 e. The van der Waals surface area contributed by atoms with Gasteiger partial charge in [0.2, 0.25) is 5.91 Å². The minimum Gasteiger partial charge on any atom is -0.378 e. The van der Waals surface area contributed by atoms with Crippen LogP contribution in [-0.4, -0.2) is 55.6 Å². The van der Waals surface area contributed by atoms with E-state index in [1.54, 1.807) is 17.0 Å². The van der Waals surface area contributed by atoms with Gasteiger partial charge in [-0.3, -0.25) is 9.59 Å². The number of ether oxygens (including phenoxy) is 1. The highest BCUT2D eigenvalue weighted by molar-refractivity contribution is 7.20. The van der Waals surface area contributed by atoms with Crippen molar-refractivity contribution >= 4 is 39.9 Å². The third kappa shape index (κ3) is 6.26. The van der Waals surface area contributed by atoms with Crippen molar-refractivity contribution in [2.45, 2.75) is 13.3 Å². The van der Waals surface area contributed by atoms with Crippen molar-refractivity contribution in [3.8, 4) is 10.4 Å². The van der Waals surface area contributed by atoms with Crippen LogP contribution in [0.15, 0.2) is 60.7 Å². The minimum absolute atomic E-state index is 0.0744. The molecule has 1 saturated heterocycles. The summed E-state index contributed by atoms with van der Waals surface area (Å²) in [5, 5.41) is 8.84. The smallest absolute Gasteiger partial charge is 0.319 e. The highest BCUT2D eigenvalue weighted by atomic mass is 32.1. The third-order valence-electron chi connectivity index (χ3n) is 5.62. The normalized spacial score (nSPS) is 13.2. The first-order chi connectivity index (χ1) is 17.0. The number of thiophene rings is 1. The molecule has 1 aliphatic rings. The van der Waals surface area contributed by atoms with Crippen molar-refractivity contribution in [2.75, 3.05) is 43.5 Å². The maximum Gasteiger partial charge on any atom is 0.319 e. The molecule has 2 heterocycles. The van der Waals surface area contributed by atoms with E-state index in [-0.39, 0.29) is 30.8 Å². The number of hydrogen-bond acceptors (Lipinski definition) is 5. The predicted octanol–water partition coefficient (Wildman–Crippen LogP) is 4.35. The number of carbonyl (C=O) groups excluding carboxylic acids is 3. The number of para-hydroxylation sites is 1. The molecule has 3 N–H and O–H groups in total. The molecule has 0 aliphatic carbocycles. The second-order valence-corrected chi connectivity index (χ2v) is 9.10. The molecule has 0 atom stereocenters. The van der Waals surface area contributed by atoms with Crippen LogP contribution in [0.25, 0.3) is 10.4 Å². The van der Waals surface area contributed by atoms with E-state index in [1.165, 1.54) is 11.3 Å². The molecule has 0 bridgehead atoms. The fraction of sp³-hybridized carbons (Fsp3) is 0.269. The summed E-state index contributed by atoms with van der Waals surface area (Å²) in [5.41, 5.74) is 3.02. The van der Waals surface area contributed by atoms with Gasteiger partial charge in [0.25, 0.3) is 5.91 Å². The number of rotatable bonds is 7. The number of amides is 4. The quantitative estimate of drug-likeness (QED) is 0.457. The molecule has 0 unspecified atom stereocenters. The molecule has 9 heteroatoms. The molecule has 0 saturated carbocycles. The number of urea groups is 1. The lowest BCUT2D eigenvalue weighted by molar-refractivity contribution is -0.116. The van der Waals surface area contributed by atoms with E-state index in [2.05, 4.69) is 16.0 Å². The zero-order valence-corrected chi connectivity index (χ0v) is 20.3. The Morgan fingerprint density at radius 2 is 1.60 bits per heavy atom. The average molecular weight is 493 g/mol. The lowest BCUT2D eigenvalue weighted by Crippen LogP contribution is -2.41. The molecule has 182 valence electrons. The summed E-state index contributed by atoms with van der Waals surface area (Å²) in [6, 6.07) is 18.5. The van der Waals surface area contributed by atoms with Crippen molar-refractivity contribution in [1.82, 2.24) is 10.2 Å². The standard InChI is InChI=1S/C26H28N4O4S/c1-18-22(25(32)30-14-16-34-17-15-30)24(35-23(18)19-8-4-2-5-9-19)29-21(31)12-13-27-26(33)28-20-10-6-3-7-11-20/h2-11H,12-17H2,1H3,(H,29,31)(H2,27,28,33). The van der Waals surface area contributed by atoms with Gasteiger partial charge in [0.05, 0.1) is 18.8 Å². The van der Waals surface area contributed by atoms with E-state index in [1.807, 2.05) is 55.5 Å². The van der Waals surface area contributed by atoms with Gasteiger partial charge < -0.3 is 25.6 Å². The first-order valence-corrected chi connectivity index (χ1v) is 12.3. The molecule has 2 aromatic carbocycles. The van der Waals surface area contributed by atoms with Crippen LogP contribution in [0.2, 0.25) is 0 Å². The summed E-state index contributed by atoms with van der Waals surface area (Å²) >= 11 is 1.39. The minimum atomic E-state index is -0.384. The van der Waals surface area contributed by atoms with Gasteiger partial charge in [-0.15, -0.1) is 11.3 Å². The number of benzene rings is 2. The molecule has 8 nitrogen and oxygen atoms in total. The van der Waals surface area contributed by atoms with E-state index in [9.17, 15) is 14.4 Å². The molecule has 1 aliphatic heterocycles. The molecular weight excluding hydrogens is 464 g/mol. The van der Waals surface area contributed by atoms with E-state index in [0.717, 1.165) is 16.0 Å². The maximum atomic E-state index is 13.4. The summed E-state index contributed by atoms with van der Waals surface area (Å²) in [6.07, 6.45) is 0.0744. The third-order valence-corrected chi connectivity index (χ3v) is 6.87. The van der Waals surface area contributed by atoms with Crippen molar-refractivity contribution < 1.29 is 19.1 Å². The van der Waals surface area contributed by atoms with Crippen molar-refractivity contribution in [3.63, 3.8) is 0 Å². The highest BCUT2D eigenvalue weighted by Crippen LogP contribution is 2.40. The van der Waals surface area contributed by atoms with Crippen molar-refractivity contribution in [1.29, 1.82) is 0 Å². The van der Waals surface area contributed by atoms with Gasteiger partial charge in [-0.1, -0.05) is 48.5 Å². The van der Waals surface area contributed by atoms with Crippen molar-refractivity contribution in [2.24, 2.45) is 0 Å². The molecule has 0 radical (unpaired) electrons. The molecule has 3 aromatic rings. The predicted molar refractivity (Wildman–Crippen MR) is 138 cm³/mol. The lowest BCUT2D eigenvalue weighted by Gasteiger charge is -2.27. The fourth-order valence-electron chi connectivity index (χ4n) is 3.82. The summed E-state index contributed by atoms with van der Waals surface area (Å²) in [4.78, 5) is 40.9. The van der Waals surface area contributed by atoms with Crippen LogP contribution >= 0.6 is 11.3 Å². The molecule has 1 aromatic heterocycles. The second kappa shape index (κ2) is 11.6. The molecule has 4 rings (SSSR count). The van der Waals surface area contributed by atoms with Gasteiger partial charge >= 0.3 is 6.03 Å². The second-order valence-electron chi connectivity index (χ2n) is 8.08. The first-order valence-electron chi connectivity index (χ1n) is 11.5. The van der Waals surface area contributed by atoms with E-state index < -0.39 is 0 Å². The number of anilines is 2. The zero-order valence-electron chi connectivity index (χ0n) is 19.5. The Morgan fingerprint density at radius 3 is 2.29 bits per heavy atom. The van der Waals surface area contributed by atoms with Crippen LogP contribution < -0.4 is 16.0 Å². The SMILES string of the molecule is Cc1c(-c2ccccc2)sc(NC(=O)CCNC(=O)Nc2ccccc2)c1C(=O)N1CCOCC1. The Kier molecular flexibility index (Phi) is 8.12. The molecule has 0 spiro atoms. The van der Waals surface area contributed by atoms with E-state index in [4.69, 9.17) is 4.74 Å². The van der Waals surface area contributed by atoms with Crippen LogP contribution in [0.1, 0.15) is 22.3 Å². The number of nitrogens with zero attached hydrogens (tertiary/aromatic N) is 1. The van der Waals surface area contributed by atoms with Gasteiger partial charge in [-0.2, -0.15) is 0 Å². The number of morpholine rings is 1. The molecule has 4 amide bonds. The first kappa shape index (κ1) is 24.4. The van der Waals surface area contributed by atoms with Gasteiger partial charge in [0.15, 0.2) is 0 Å². The van der Waals surface area contributed by atoms with Crippen LogP contribution in [0.3, 0.4) is 0 Å². The van der Waals surface area contributed by atoms with Gasteiger partial charge in [-0.05, 0) is 30.2 Å². The molecular formula is C26H28N4O4S. The monoisotopic (exact) mass is 492 g/mol. The average Bonchev–Trinajstić information content (AvgIpc) is 3.20.